The molecule has 0 unspecified atom stereocenters. The van der Waals surface area contributed by atoms with Crippen LogP contribution < -0.4 is 4.74 Å². The number of nitrogens with zero attached hydrogens (tertiary/aromatic N) is 1. The van der Waals surface area contributed by atoms with E-state index in [4.69, 9.17) is 9.72 Å². The highest BCUT2D eigenvalue weighted by atomic mass is 16.5. The molecule has 0 radical (unpaired) electrons. The standard InChI is InChI=1S/C27H31NO/c1-18(2)9-8-12-22-16-28-27-20(4)15-24(29-17-21-10-6-5-7-11-21)25-19(3)13-14-23(22)26(25)27/h5-7,9-11,15-16,19H,8,12-14,17H2,1-4H3/t19-/m1/s1. The van der Waals surface area contributed by atoms with E-state index < -0.39 is 0 Å². The van der Waals surface area contributed by atoms with E-state index in [0.29, 0.717) is 12.5 Å². The van der Waals surface area contributed by atoms with Crippen molar-refractivity contribution in [1.29, 1.82) is 0 Å². The van der Waals surface area contributed by atoms with E-state index in [0.717, 1.165) is 30.5 Å². The van der Waals surface area contributed by atoms with Crippen LogP contribution >= 0.6 is 0 Å². The van der Waals surface area contributed by atoms with Crippen molar-refractivity contribution in [1.82, 2.24) is 4.98 Å². The van der Waals surface area contributed by atoms with E-state index in [9.17, 15) is 0 Å². The Bertz CT molecular complexity index is 1050. The molecule has 29 heavy (non-hydrogen) atoms. The summed E-state index contributed by atoms with van der Waals surface area (Å²) in [6, 6.07) is 12.6. The minimum atomic E-state index is 0.492. The Morgan fingerprint density at radius 1 is 1.21 bits per heavy atom. The van der Waals surface area contributed by atoms with E-state index in [1.54, 1.807) is 0 Å². The summed E-state index contributed by atoms with van der Waals surface area (Å²) >= 11 is 0. The van der Waals surface area contributed by atoms with E-state index in [2.05, 4.69) is 70.3 Å². The first-order chi connectivity index (χ1) is 14.0. The maximum Gasteiger partial charge on any atom is 0.124 e. The Morgan fingerprint density at radius 3 is 2.76 bits per heavy atom. The first-order valence-electron chi connectivity index (χ1n) is 10.8. The lowest BCUT2D eigenvalue weighted by atomic mass is 9.80. The minimum absolute atomic E-state index is 0.492. The van der Waals surface area contributed by atoms with Crippen molar-refractivity contribution in [2.45, 2.75) is 65.9 Å². The Morgan fingerprint density at radius 2 is 2.00 bits per heavy atom. The molecule has 0 amide bonds. The quantitative estimate of drug-likeness (QED) is 0.423. The van der Waals surface area contributed by atoms with Crippen LogP contribution in [0.2, 0.25) is 0 Å². The summed E-state index contributed by atoms with van der Waals surface area (Å²) in [5, 5.41) is 1.36. The second kappa shape index (κ2) is 8.41. The van der Waals surface area contributed by atoms with Gasteiger partial charge in [-0.2, -0.15) is 0 Å². The molecular weight excluding hydrogens is 354 g/mol. The molecule has 0 aliphatic heterocycles. The highest BCUT2D eigenvalue weighted by molar-refractivity contribution is 5.92. The van der Waals surface area contributed by atoms with Gasteiger partial charge >= 0.3 is 0 Å². The van der Waals surface area contributed by atoms with Gasteiger partial charge in [0.15, 0.2) is 0 Å². The van der Waals surface area contributed by atoms with Gasteiger partial charge in [-0.25, -0.2) is 0 Å². The van der Waals surface area contributed by atoms with Crippen molar-refractivity contribution in [3.63, 3.8) is 0 Å². The predicted molar refractivity (Wildman–Crippen MR) is 122 cm³/mol. The highest BCUT2D eigenvalue weighted by Gasteiger charge is 2.26. The molecular formula is C27H31NO. The zero-order chi connectivity index (χ0) is 20.4. The van der Waals surface area contributed by atoms with Gasteiger partial charge < -0.3 is 4.74 Å². The molecule has 3 aromatic rings. The van der Waals surface area contributed by atoms with E-state index in [-0.39, 0.29) is 0 Å². The summed E-state index contributed by atoms with van der Waals surface area (Å²) in [7, 11) is 0. The number of hydrogen-bond acceptors (Lipinski definition) is 2. The van der Waals surface area contributed by atoms with Crippen molar-refractivity contribution >= 4 is 10.9 Å². The zero-order valence-electron chi connectivity index (χ0n) is 18.1. The average Bonchev–Trinajstić information content (AvgIpc) is 2.71. The van der Waals surface area contributed by atoms with E-state index >= 15 is 0 Å². The Labute approximate surface area is 174 Å². The molecule has 0 spiro atoms. The van der Waals surface area contributed by atoms with Crippen LogP contribution in [0.15, 0.2) is 54.2 Å². The normalized spacial score (nSPS) is 15.4. The number of benzene rings is 2. The van der Waals surface area contributed by atoms with Gasteiger partial charge in [0.25, 0.3) is 0 Å². The summed E-state index contributed by atoms with van der Waals surface area (Å²) in [6.07, 6.45) is 8.90. The SMILES string of the molecule is CC(C)=CCCc1cnc2c(C)cc(OCc3ccccc3)c3c2c1CC[C@H]3C. The maximum atomic E-state index is 6.38. The minimum Gasteiger partial charge on any atom is -0.489 e. The van der Waals surface area contributed by atoms with Gasteiger partial charge in [-0.05, 0) is 80.7 Å². The van der Waals surface area contributed by atoms with Crippen LogP contribution in [0.1, 0.15) is 67.3 Å². The molecule has 1 heterocycles. The molecule has 2 aromatic carbocycles. The van der Waals surface area contributed by atoms with Gasteiger partial charge in [0.2, 0.25) is 0 Å². The number of allylic oxidation sites excluding steroid dienone is 2. The maximum absolute atomic E-state index is 6.38. The monoisotopic (exact) mass is 385 g/mol. The van der Waals surface area contributed by atoms with Crippen LogP contribution in [-0.4, -0.2) is 4.98 Å². The summed E-state index contributed by atoms with van der Waals surface area (Å²) in [4.78, 5) is 4.90. The fourth-order valence-electron chi connectivity index (χ4n) is 4.51. The highest BCUT2D eigenvalue weighted by Crippen LogP contribution is 2.44. The van der Waals surface area contributed by atoms with Crippen molar-refractivity contribution < 1.29 is 4.74 Å². The predicted octanol–water partition coefficient (Wildman–Crippen LogP) is 7.07. The Hall–Kier alpha value is -2.61. The molecule has 0 bridgehead atoms. The molecule has 0 fully saturated rings. The van der Waals surface area contributed by atoms with Crippen LogP contribution in [0.5, 0.6) is 5.75 Å². The molecule has 150 valence electrons. The van der Waals surface area contributed by atoms with Gasteiger partial charge in [-0.3, -0.25) is 4.98 Å². The largest absolute Gasteiger partial charge is 0.489 e. The summed E-state index contributed by atoms with van der Waals surface area (Å²) in [5.74, 6) is 1.53. The van der Waals surface area contributed by atoms with Crippen molar-refractivity contribution in [3.8, 4) is 5.75 Å². The van der Waals surface area contributed by atoms with E-state index in [1.165, 1.54) is 45.2 Å². The number of aromatic nitrogens is 1. The summed E-state index contributed by atoms with van der Waals surface area (Å²) < 4.78 is 6.38. The van der Waals surface area contributed by atoms with Crippen LogP contribution in [0.4, 0.5) is 0 Å². The van der Waals surface area contributed by atoms with Gasteiger partial charge in [-0.1, -0.05) is 48.9 Å². The first-order valence-corrected chi connectivity index (χ1v) is 10.8. The third-order valence-corrected chi connectivity index (χ3v) is 6.06. The molecule has 1 atom stereocenters. The summed E-state index contributed by atoms with van der Waals surface area (Å²) in [5.41, 5.74) is 9.21. The molecule has 1 aromatic heterocycles. The Kier molecular flexibility index (Phi) is 5.71. The lowest BCUT2D eigenvalue weighted by Crippen LogP contribution is -2.12. The molecule has 0 saturated carbocycles. The van der Waals surface area contributed by atoms with Crippen molar-refractivity contribution in [2.75, 3.05) is 0 Å². The Balaban J connectivity index is 1.77. The van der Waals surface area contributed by atoms with Crippen LogP contribution in [0.25, 0.3) is 10.9 Å². The number of aryl methyl sites for hydroxylation is 3. The lowest BCUT2D eigenvalue weighted by molar-refractivity contribution is 0.301. The van der Waals surface area contributed by atoms with E-state index in [1.807, 2.05) is 6.07 Å². The molecule has 0 N–H and O–H groups in total. The molecule has 1 aliphatic carbocycles. The molecule has 2 nitrogen and oxygen atoms in total. The molecule has 1 aliphatic rings. The first kappa shape index (κ1) is 19.7. The lowest BCUT2D eigenvalue weighted by Gasteiger charge is -2.28. The number of hydrogen-bond donors (Lipinski definition) is 0. The van der Waals surface area contributed by atoms with Crippen molar-refractivity contribution in [3.05, 3.63) is 82.1 Å². The van der Waals surface area contributed by atoms with Gasteiger partial charge in [0, 0.05) is 17.1 Å². The third kappa shape index (κ3) is 4.07. The van der Waals surface area contributed by atoms with Gasteiger partial charge in [-0.15, -0.1) is 0 Å². The third-order valence-electron chi connectivity index (χ3n) is 6.06. The molecule has 0 saturated heterocycles. The second-order valence-corrected chi connectivity index (χ2v) is 8.63. The number of pyridine rings is 1. The summed E-state index contributed by atoms with van der Waals surface area (Å²) in [6.45, 7) is 9.44. The van der Waals surface area contributed by atoms with Gasteiger partial charge in [0.1, 0.15) is 12.4 Å². The number of ether oxygens (including phenoxy) is 1. The second-order valence-electron chi connectivity index (χ2n) is 8.63. The molecule has 2 heteroatoms. The van der Waals surface area contributed by atoms with Gasteiger partial charge in [0.05, 0.1) is 5.52 Å². The van der Waals surface area contributed by atoms with Crippen molar-refractivity contribution in [2.24, 2.45) is 0 Å². The fourth-order valence-corrected chi connectivity index (χ4v) is 4.51. The smallest absolute Gasteiger partial charge is 0.124 e. The fraction of sp³-hybridized carbons (Fsp3) is 0.370. The topological polar surface area (TPSA) is 22.1 Å². The molecule has 4 rings (SSSR count). The zero-order valence-corrected chi connectivity index (χ0v) is 18.1. The van der Waals surface area contributed by atoms with Crippen LogP contribution in [-0.2, 0) is 19.4 Å². The number of rotatable bonds is 6. The van der Waals surface area contributed by atoms with Crippen LogP contribution in [0.3, 0.4) is 0 Å². The van der Waals surface area contributed by atoms with Crippen LogP contribution in [0, 0.1) is 6.92 Å². The average molecular weight is 386 g/mol.